The topological polar surface area (TPSA) is 87.0 Å². The van der Waals surface area contributed by atoms with E-state index in [4.69, 9.17) is 9.47 Å². The first-order valence-corrected chi connectivity index (χ1v) is 10.5. The number of hydrogen-bond donors (Lipinski definition) is 0. The van der Waals surface area contributed by atoms with Crippen molar-refractivity contribution in [3.8, 4) is 5.75 Å². The second-order valence-corrected chi connectivity index (χ2v) is 8.24. The summed E-state index contributed by atoms with van der Waals surface area (Å²) in [5, 5.41) is 0. The van der Waals surface area contributed by atoms with Crippen LogP contribution < -0.4 is 9.54 Å². The maximum atomic E-state index is 13.6. The van der Waals surface area contributed by atoms with Crippen LogP contribution in [0, 0.1) is 5.82 Å². The van der Waals surface area contributed by atoms with Crippen molar-refractivity contribution in [2.24, 2.45) is 4.40 Å². The Kier molecular flexibility index (Phi) is 5.80. The Labute approximate surface area is 164 Å². The average Bonchev–Trinajstić information content (AvgIpc) is 2.97. The molecule has 3 aromatic rings. The summed E-state index contributed by atoms with van der Waals surface area (Å²) < 4.78 is 54.7. The maximum absolute atomic E-state index is 13.6. The normalized spacial score (nSPS) is 12.3. The summed E-state index contributed by atoms with van der Waals surface area (Å²) in [6, 6.07) is 9.74. The molecule has 2 aromatic carbocycles. The number of hydrogen-bond acceptors (Lipinski definition) is 6. The lowest BCUT2D eigenvalue weighted by Gasteiger charge is -2.05. The molecule has 0 unspecified atom stereocenters. The van der Waals surface area contributed by atoms with Crippen molar-refractivity contribution in [2.45, 2.75) is 18.4 Å². The largest absolute Gasteiger partial charge is 0.497 e. The number of nitrogens with zero attached hydrogens (tertiary/aromatic N) is 2. The number of esters is 1. The molecule has 7 nitrogen and oxygen atoms in total. The predicted octanol–water partition coefficient (Wildman–Crippen LogP) is 2.70. The summed E-state index contributed by atoms with van der Waals surface area (Å²) in [7, 11) is -2.58. The molecule has 0 fully saturated rings. The van der Waals surface area contributed by atoms with E-state index < -0.39 is 21.8 Å². The standard InChI is InChI=1S/C18H17FN2O5S2/c1-3-26-17(22)11-21-15-9-4-12(19)10-16(15)27-18(21)20-28(23,24)14-7-5-13(25-2)6-8-14/h4-10H,3,11H2,1-2H3/b20-18-. The highest BCUT2D eigenvalue weighted by Gasteiger charge is 2.17. The van der Waals surface area contributed by atoms with Crippen molar-refractivity contribution in [1.29, 1.82) is 0 Å². The fourth-order valence-electron chi connectivity index (χ4n) is 2.51. The van der Waals surface area contributed by atoms with Crippen LogP contribution in [0.2, 0.25) is 0 Å². The van der Waals surface area contributed by atoms with E-state index >= 15 is 0 Å². The van der Waals surface area contributed by atoms with Crippen LogP contribution in [0.4, 0.5) is 4.39 Å². The summed E-state index contributed by atoms with van der Waals surface area (Å²) in [6.45, 7) is 1.62. The second kappa shape index (κ2) is 8.11. The van der Waals surface area contributed by atoms with Crippen molar-refractivity contribution in [1.82, 2.24) is 4.57 Å². The van der Waals surface area contributed by atoms with Gasteiger partial charge >= 0.3 is 5.97 Å². The molecule has 0 aliphatic carbocycles. The first-order valence-electron chi connectivity index (χ1n) is 8.23. The van der Waals surface area contributed by atoms with Crippen molar-refractivity contribution in [3.05, 3.63) is 53.1 Å². The van der Waals surface area contributed by atoms with Gasteiger partial charge in [0.1, 0.15) is 18.1 Å². The van der Waals surface area contributed by atoms with Crippen LogP contribution >= 0.6 is 11.3 Å². The molecule has 1 heterocycles. The van der Waals surface area contributed by atoms with E-state index in [9.17, 15) is 17.6 Å². The number of halogens is 1. The molecule has 0 atom stereocenters. The van der Waals surface area contributed by atoms with Crippen LogP contribution in [0.1, 0.15) is 6.92 Å². The fourth-order valence-corrected chi connectivity index (χ4v) is 4.77. The van der Waals surface area contributed by atoms with E-state index in [2.05, 4.69) is 4.40 Å². The monoisotopic (exact) mass is 424 g/mol. The quantitative estimate of drug-likeness (QED) is 0.568. The second-order valence-electron chi connectivity index (χ2n) is 5.63. The Bertz CT molecular complexity index is 1180. The summed E-state index contributed by atoms with van der Waals surface area (Å²) in [6.07, 6.45) is 0. The maximum Gasteiger partial charge on any atom is 0.326 e. The van der Waals surface area contributed by atoms with Crippen molar-refractivity contribution < 1.29 is 27.1 Å². The summed E-state index contributed by atoms with van der Waals surface area (Å²) >= 11 is 0.972. The number of carbonyl (C=O) groups is 1. The minimum Gasteiger partial charge on any atom is -0.497 e. The Balaban J connectivity index is 2.15. The van der Waals surface area contributed by atoms with Crippen molar-refractivity contribution >= 4 is 37.5 Å². The number of methoxy groups -OCH3 is 1. The first kappa shape index (κ1) is 20.0. The SMILES string of the molecule is CCOC(=O)Cn1/c(=N/S(=O)(=O)c2ccc(OC)cc2)sc2cc(F)ccc21. The third-order valence-corrected chi connectivity index (χ3v) is 6.23. The Morgan fingerprint density at radius 3 is 2.57 bits per heavy atom. The molecule has 3 rings (SSSR count). The van der Waals surface area contributed by atoms with Crippen LogP contribution in [0.3, 0.4) is 0 Å². The summed E-state index contributed by atoms with van der Waals surface area (Å²) in [4.78, 5) is 12.0. The number of aromatic nitrogens is 1. The van der Waals surface area contributed by atoms with Crippen molar-refractivity contribution in [3.63, 3.8) is 0 Å². The van der Waals surface area contributed by atoms with Gasteiger partial charge in [0.25, 0.3) is 10.0 Å². The average molecular weight is 424 g/mol. The van der Waals surface area contributed by atoms with E-state index in [0.29, 0.717) is 16.0 Å². The number of rotatable bonds is 6. The lowest BCUT2D eigenvalue weighted by Crippen LogP contribution is -2.23. The summed E-state index contributed by atoms with van der Waals surface area (Å²) in [5.41, 5.74) is 0.489. The zero-order chi connectivity index (χ0) is 20.3. The first-order chi connectivity index (χ1) is 13.3. The smallest absolute Gasteiger partial charge is 0.326 e. The third-order valence-electron chi connectivity index (χ3n) is 3.79. The van der Waals surface area contributed by atoms with E-state index in [-0.39, 0.29) is 22.8 Å². The van der Waals surface area contributed by atoms with E-state index in [1.54, 1.807) is 6.92 Å². The number of ether oxygens (including phenoxy) is 2. The van der Waals surface area contributed by atoms with Gasteiger partial charge in [-0.3, -0.25) is 4.79 Å². The fraction of sp³-hybridized carbons (Fsp3) is 0.222. The third kappa shape index (κ3) is 4.23. The van der Waals surface area contributed by atoms with Gasteiger partial charge in [0.15, 0.2) is 0 Å². The zero-order valence-corrected chi connectivity index (χ0v) is 16.7. The number of thiazole rings is 1. The van der Waals surface area contributed by atoms with E-state index in [1.807, 2.05) is 0 Å². The minimum absolute atomic E-state index is 0.0281. The molecule has 148 valence electrons. The minimum atomic E-state index is -4.05. The molecule has 0 saturated heterocycles. The van der Waals surface area contributed by atoms with Crippen LogP contribution in [0.25, 0.3) is 10.2 Å². The van der Waals surface area contributed by atoms with Crippen LogP contribution in [0.5, 0.6) is 5.75 Å². The Morgan fingerprint density at radius 1 is 1.21 bits per heavy atom. The molecule has 0 spiro atoms. The van der Waals surface area contributed by atoms with Crippen LogP contribution in [-0.4, -0.2) is 32.7 Å². The predicted molar refractivity (Wildman–Crippen MR) is 102 cm³/mol. The lowest BCUT2D eigenvalue weighted by atomic mass is 10.3. The molecule has 0 aliphatic heterocycles. The van der Waals surface area contributed by atoms with E-state index in [0.717, 1.165) is 11.3 Å². The van der Waals surface area contributed by atoms with Crippen LogP contribution in [0.15, 0.2) is 51.8 Å². The molecular formula is C18H17FN2O5S2. The van der Waals surface area contributed by atoms with Gasteiger partial charge < -0.3 is 14.0 Å². The van der Waals surface area contributed by atoms with Crippen molar-refractivity contribution in [2.75, 3.05) is 13.7 Å². The van der Waals surface area contributed by atoms with Gasteiger partial charge in [-0.15, -0.1) is 4.40 Å². The summed E-state index contributed by atoms with van der Waals surface area (Å²) in [5.74, 6) is -0.509. The molecule has 28 heavy (non-hydrogen) atoms. The lowest BCUT2D eigenvalue weighted by molar-refractivity contribution is -0.143. The highest BCUT2D eigenvalue weighted by atomic mass is 32.2. The highest BCUT2D eigenvalue weighted by molar-refractivity contribution is 7.90. The number of benzene rings is 2. The van der Waals surface area contributed by atoms with Gasteiger partial charge in [-0.25, -0.2) is 4.39 Å². The molecule has 0 saturated carbocycles. The number of carbonyl (C=O) groups excluding carboxylic acids is 1. The van der Waals surface area contributed by atoms with E-state index in [1.165, 1.54) is 54.1 Å². The molecular weight excluding hydrogens is 407 g/mol. The molecule has 0 amide bonds. The number of fused-ring (bicyclic) bond motifs is 1. The molecule has 0 radical (unpaired) electrons. The van der Waals surface area contributed by atoms with Gasteiger partial charge in [0.05, 0.1) is 28.8 Å². The molecule has 10 heteroatoms. The molecule has 0 bridgehead atoms. The van der Waals surface area contributed by atoms with Gasteiger partial charge in [0.2, 0.25) is 4.80 Å². The number of sulfonamides is 1. The Morgan fingerprint density at radius 2 is 1.93 bits per heavy atom. The van der Waals surface area contributed by atoms with Gasteiger partial charge in [-0.05, 0) is 49.4 Å². The van der Waals surface area contributed by atoms with Crippen LogP contribution in [-0.2, 0) is 26.1 Å². The Hall–Kier alpha value is -2.72. The van der Waals surface area contributed by atoms with Gasteiger partial charge in [-0.1, -0.05) is 11.3 Å². The van der Waals surface area contributed by atoms with Gasteiger partial charge in [-0.2, -0.15) is 8.42 Å². The molecule has 0 N–H and O–H groups in total. The molecule has 1 aromatic heterocycles. The highest BCUT2D eigenvalue weighted by Crippen LogP contribution is 2.21. The van der Waals surface area contributed by atoms with Gasteiger partial charge in [0, 0.05) is 0 Å². The molecule has 0 aliphatic rings. The zero-order valence-electron chi connectivity index (χ0n) is 15.1.